The van der Waals surface area contributed by atoms with Crippen molar-refractivity contribution in [3.05, 3.63) is 52.5 Å². The number of anilines is 1. The third kappa shape index (κ3) is 3.94. The van der Waals surface area contributed by atoms with E-state index in [4.69, 9.17) is 23.2 Å². The number of rotatable bonds is 5. The fourth-order valence-electron chi connectivity index (χ4n) is 3.62. The average Bonchev–Trinajstić information content (AvgIpc) is 2.68. The van der Waals surface area contributed by atoms with Crippen LogP contribution in [0.25, 0.3) is 11.1 Å². The molecule has 6 nitrogen and oxygen atoms in total. The fraction of sp³-hybridized carbons (Fsp3) is 0.300. The molecule has 1 fully saturated rings. The van der Waals surface area contributed by atoms with Gasteiger partial charge in [0.15, 0.2) is 0 Å². The highest BCUT2D eigenvalue weighted by atomic mass is 35.5. The SMILES string of the molecule is CNC1(CC=O)CN(c2ccc(-c3ccc(Cl)cc3Cl)cc2)CCN1C(=O)O. The summed E-state index contributed by atoms with van der Waals surface area (Å²) in [5.41, 5.74) is 1.84. The topological polar surface area (TPSA) is 72.9 Å². The molecule has 0 bridgehead atoms. The van der Waals surface area contributed by atoms with Gasteiger partial charge in [0.1, 0.15) is 11.9 Å². The van der Waals surface area contributed by atoms with Gasteiger partial charge in [-0.25, -0.2) is 4.79 Å². The van der Waals surface area contributed by atoms with Gasteiger partial charge in [0.2, 0.25) is 0 Å². The van der Waals surface area contributed by atoms with Gasteiger partial charge in [0, 0.05) is 40.8 Å². The van der Waals surface area contributed by atoms with Gasteiger partial charge in [-0.05, 0) is 36.9 Å². The van der Waals surface area contributed by atoms with E-state index in [1.165, 1.54) is 4.90 Å². The number of hydrogen-bond acceptors (Lipinski definition) is 4. The molecule has 1 heterocycles. The lowest BCUT2D eigenvalue weighted by molar-refractivity contribution is -0.110. The first-order valence-electron chi connectivity index (χ1n) is 8.84. The van der Waals surface area contributed by atoms with Crippen LogP contribution in [-0.4, -0.2) is 54.7 Å². The van der Waals surface area contributed by atoms with Crippen LogP contribution in [0.5, 0.6) is 0 Å². The van der Waals surface area contributed by atoms with Gasteiger partial charge >= 0.3 is 6.09 Å². The molecule has 28 heavy (non-hydrogen) atoms. The van der Waals surface area contributed by atoms with Gasteiger partial charge < -0.3 is 14.8 Å². The maximum absolute atomic E-state index is 11.6. The summed E-state index contributed by atoms with van der Waals surface area (Å²) in [7, 11) is 1.68. The Balaban J connectivity index is 1.85. The molecule has 8 heteroatoms. The minimum Gasteiger partial charge on any atom is -0.465 e. The van der Waals surface area contributed by atoms with Gasteiger partial charge in [-0.2, -0.15) is 0 Å². The van der Waals surface area contributed by atoms with Crippen molar-refractivity contribution >= 4 is 41.3 Å². The van der Waals surface area contributed by atoms with Crippen molar-refractivity contribution in [2.24, 2.45) is 0 Å². The first-order chi connectivity index (χ1) is 13.4. The number of piperazine rings is 1. The minimum absolute atomic E-state index is 0.0742. The Morgan fingerprint density at radius 2 is 1.93 bits per heavy atom. The summed E-state index contributed by atoms with van der Waals surface area (Å²) in [5, 5.41) is 13.7. The van der Waals surface area contributed by atoms with Crippen LogP contribution in [0.4, 0.5) is 10.5 Å². The van der Waals surface area contributed by atoms with E-state index in [1.807, 2.05) is 30.3 Å². The summed E-state index contributed by atoms with van der Waals surface area (Å²) < 4.78 is 0. The molecule has 1 saturated heterocycles. The van der Waals surface area contributed by atoms with E-state index in [2.05, 4.69) is 10.2 Å². The van der Waals surface area contributed by atoms with Gasteiger partial charge in [-0.15, -0.1) is 0 Å². The molecule has 2 N–H and O–H groups in total. The molecule has 1 atom stereocenters. The number of likely N-dealkylation sites (N-methyl/N-ethyl adjacent to an activating group) is 1. The van der Waals surface area contributed by atoms with Crippen molar-refractivity contribution in [1.29, 1.82) is 0 Å². The first kappa shape index (κ1) is 20.5. The molecule has 1 amide bonds. The lowest BCUT2D eigenvalue weighted by atomic mass is 9.99. The van der Waals surface area contributed by atoms with Crippen molar-refractivity contribution in [3.8, 4) is 11.1 Å². The Labute approximate surface area is 173 Å². The number of nitrogens with one attached hydrogen (secondary N) is 1. The van der Waals surface area contributed by atoms with E-state index in [9.17, 15) is 14.7 Å². The number of carbonyl (C=O) groups excluding carboxylic acids is 1. The highest BCUT2D eigenvalue weighted by Gasteiger charge is 2.43. The number of aldehydes is 1. The fourth-order valence-corrected chi connectivity index (χ4v) is 4.14. The zero-order valence-electron chi connectivity index (χ0n) is 15.4. The molecule has 3 rings (SSSR count). The summed E-state index contributed by atoms with van der Waals surface area (Å²) in [6.45, 7) is 1.21. The molecule has 0 radical (unpaired) electrons. The Hall–Kier alpha value is -2.28. The van der Waals surface area contributed by atoms with Crippen LogP contribution < -0.4 is 10.2 Å². The third-order valence-corrected chi connectivity index (χ3v) is 5.70. The van der Waals surface area contributed by atoms with E-state index in [0.717, 1.165) is 23.1 Å². The van der Waals surface area contributed by atoms with E-state index >= 15 is 0 Å². The summed E-state index contributed by atoms with van der Waals surface area (Å²) in [6.07, 6.45) is -0.213. The van der Waals surface area contributed by atoms with Crippen LogP contribution >= 0.6 is 23.2 Å². The molecule has 148 valence electrons. The lowest BCUT2D eigenvalue weighted by Gasteiger charge is -2.49. The Morgan fingerprint density at radius 3 is 2.50 bits per heavy atom. The number of halogens is 2. The third-order valence-electron chi connectivity index (χ3n) is 5.15. The summed E-state index contributed by atoms with van der Waals surface area (Å²) in [4.78, 5) is 26.2. The second-order valence-corrected chi connectivity index (χ2v) is 7.52. The second kappa shape index (κ2) is 8.39. The second-order valence-electron chi connectivity index (χ2n) is 6.68. The summed E-state index contributed by atoms with van der Waals surface area (Å²) in [5.74, 6) is 0. The van der Waals surface area contributed by atoms with Crippen LogP contribution in [0.2, 0.25) is 10.0 Å². The molecular formula is C20H21Cl2N3O3. The van der Waals surface area contributed by atoms with Crippen LogP contribution in [-0.2, 0) is 4.79 Å². The molecular weight excluding hydrogens is 401 g/mol. The molecule has 1 aliphatic rings. The van der Waals surface area contributed by atoms with Crippen molar-refractivity contribution in [2.45, 2.75) is 12.1 Å². The van der Waals surface area contributed by atoms with Gasteiger partial charge in [-0.3, -0.25) is 10.2 Å². The number of carbonyl (C=O) groups is 2. The smallest absolute Gasteiger partial charge is 0.408 e. The molecule has 0 spiro atoms. The standard InChI is InChI=1S/C20H21Cl2N3O3/c1-23-20(8-11-26)13-24(9-10-25(20)19(27)28)16-5-2-14(3-6-16)17-7-4-15(21)12-18(17)22/h2-7,11-12,23H,8-10,13H2,1H3,(H,27,28). The van der Waals surface area contributed by atoms with Crippen LogP contribution in [0, 0.1) is 0 Å². The molecule has 0 aliphatic carbocycles. The zero-order valence-corrected chi connectivity index (χ0v) is 16.9. The zero-order chi connectivity index (χ0) is 20.3. The normalized spacial score (nSPS) is 19.5. The largest absolute Gasteiger partial charge is 0.465 e. The van der Waals surface area contributed by atoms with Crippen LogP contribution in [0.15, 0.2) is 42.5 Å². The summed E-state index contributed by atoms with van der Waals surface area (Å²) in [6, 6.07) is 13.3. The van der Waals surface area contributed by atoms with Gasteiger partial charge in [0.05, 0.1) is 6.54 Å². The predicted octanol–water partition coefficient (Wildman–Crippen LogP) is 3.97. The molecule has 0 aromatic heterocycles. The van der Waals surface area contributed by atoms with Crippen molar-refractivity contribution < 1.29 is 14.7 Å². The molecule has 1 aliphatic heterocycles. The van der Waals surface area contributed by atoms with E-state index < -0.39 is 11.8 Å². The average molecular weight is 422 g/mol. The predicted molar refractivity (Wildman–Crippen MR) is 111 cm³/mol. The Kier molecular flexibility index (Phi) is 6.13. The Bertz CT molecular complexity index is 875. The number of carboxylic acid groups (broad SMARTS) is 1. The van der Waals surface area contributed by atoms with Crippen LogP contribution in [0.3, 0.4) is 0 Å². The number of amides is 1. The molecule has 0 saturated carbocycles. The van der Waals surface area contributed by atoms with E-state index in [1.54, 1.807) is 19.2 Å². The number of benzene rings is 2. The van der Waals surface area contributed by atoms with Crippen LogP contribution in [0.1, 0.15) is 6.42 Å². The Morgan fingerprint density at radius 1 is 1.21 bits per heavy atom. The van der Waals surface area contributed by atoms with Gasteiger partial charge in [0.25, 0.3) is 0 Å². The number of hydrogen-bond donors (Lipinski definition) is 2. The van der Waals surface area contributed by atoms with Gasteiger partial charge in [-0.1, -0.05) is 41.4 Å². The summed E-state index contributed by atoms with van der Waals surface area (Å²) >= 11 is 12.3. The number of nitrogens with zero attached hydrogens (tertiary/aromatic N) is 2. The highest BCUT2D eigenvalue weighted by Crippen LogP contribution is 2.32. The quantitative estimate of drug-likeness (QED) is 0.714. The molecule has 2 aromatic rings. The maximum atomic E-state index is 11.6. The maximum Gasteiger partial charge on any atom is 0.408 e. The lowest BCUT2D eigenvalue weighted by Crippen LogP contribution is -2.69. The van der Waals surface area contributed by atoms with E-state index in [-0.39, 0.29) is 6.42 Å². The molecule has 1 unspecified atom stereocenters. The minimum atomic E-state index is -1.04. The van der Waals surface area contributed by atoms with E-state index in [0.29, 0.717) is 29.7 Å². The monoisotopic (exact) mass is 421 g/mol. The highest BCUT2D eigenvalue weighted by molar-refractivity contribution is 6.36. The van der Waals surface area contributed by atoms with Crippen molar-refractivity contribution in [1.82, 2.24) is 10.2 Å². The molecule has 2 aromatic carbocycles. The first-order valence-corrected chi connectivity index (χ1v) is 9.59. The van der Waals surface area contributed by atoms with Crippen molar-refractivity contribution in [3.63, 3.8) is 0 Å². The van der Waals surface area contributed by atoms with Crippen molar-refractivity contribution in [2.75, 3.05) is 31.6 Å².